The minimum absolute atomic E-state index is 0.0348. The number of rotatable bonds is 12. The second-order valence-electron chi connectivity index (χ2n) is 10.5. The molecule has 0 aromatic heterocycles. The highest BCUT2D eigenvalue weighted by Crippen LogP contribution is 2.27. The van der Waals surface area contributed by atoms with Crippen LogP contribution in [0.3, 0.4) is 0 Å². The fourth-order valence-electron chi connectivity index (χ4n) is 5.28. The van der Waals surface area contributed by atoms with Crippen molar-refractivity contribution >= 4 is 33.2 Å². The van der Waals surface area contributed by atoms with Crippen molar-refractivity contribution in [3.8, 4) is 0 Å². The van der Waals surface area contributed by atoms with Crippen molar-refractivity contribution in [3.05, 3.63) is 100 Å². The molecule has 3 aromatic carbocycles. The molecule has 222 valence electrons. The lowest BCUT2D eigenvalue weighted by Crippen LogP contribution is -2.53. The summed E-state index contributed by atoms with van der Waals surface area (Å²) >= 11 is 0. The number of hydrogen-bond donors (Lipinski definition) is 1. The molecule has 1 saturated carbocycles. The maximum atomic E-state index is 14.1. The number of hydrogen-bond acceptors (Lipinski definition) is 6. The first-order valence-electron chi connectivity index (χ1n) is 14.1. The number of nitrogens with one attached hydrogen (secondary N) is 1. The Morgan fingerprint density at radius 3 is 2.26 bits per heavy atom. The van der Waals surface area contributed by atoms with Gasteiger partial charge in [-0.25, -0.2) is 8.42 Å². The third-order valence-corrected chi connectivity index (χ3v) is 9.27. The van der Waals surface area contributed by atoms with Crippen LogP contribution in [0.25, 0.3) is 0 Å². The molecule has 0 aliphatic heterocycles. The van der Waals surface area contributed by atoms with E-state index in [1.807, 2.05) is 38.1 Å². The van der Waals surface area contributed by atoms with E-state index in [-0.39, 0.29) is 34.8 Å². The minimum atomic E-state index is -4.25. The number of benzene rings is 3. The molecule has 1 aliphatic carbocycles. The van der Waals surface area contributed by atoms with Crippen LogP contribution in [0, 0.1) is 17.0 Å². The molecule has 0 unspecified atom stereocenters. The molecule has 0 saturated heterocycles. The molecule has 0 spiro atoms. The van der Waals surface area contributed by atoms with Crippen molar-refractivity contribution in [2.75, 3.05) is 10.8 Å². The molecular formula is C31H36N4O6S. The Morgan fingerprint density at radius 1 is 1.00 bits per heavy atom. The zero-order chi connectivity index (χ0) is 30.3. The van der Waals surface area contributed by atoms with Crippen LogP contribution in [0.4, 0.5) is 11.4 Å². The molecule has 1 atom stereocenters. The zero-order valence-electron chi connectivity index (χ0n) is 23.8. The standard InChI is InChI=1S/C31H36N4O6S/c1-3-29(31(37)32-25-12-7-8-13-25)33(21-24-11-9-10-23(2)20-24)30(36)22-34(26-16-18-27(19-17-26)35(38)39)42(40,41)28-14-5-4-6-15-28/h4-6,9-11,14-20,25,29H,3,7-8,12-13,21-22H2,1-2H3,(H,32,37)/t29-/m1/s1. The van der Waals surface area contributed by atoms with E-state index in [0.717, 1.165) is 41.1 Å². The maximum Gasteiger partial charge on any atom is 0.269 e. The van der Waals surface area contributed by atoms with Gasteiger partial charge in [0.25, 0.3) is 15.7 Å². The van der Waals surface area contributed by atoms with E-state index in [4.69, 9.17) is 0 Å². The van der Waals surface area contributed by atoms with Crippen LogP contribution in [0.15, 0.2) is 83.8 Å². The van der Waals surface area contributed by atoms with Gasteiger partial charge >= 0.3 is 0 Å². The quantitative estimate of drug-likeness (QED) is 0.234. The first-order valence-corrected chi connectivity index (χ1v) is 15.5. The number of anilines is 1. The predicted molar refractivity (Wildman–Crippen MR) is 160 cm³/mol. The van der Waals surface area contributed by atoms with Crippen molar-refractivity contribution in [3.63, 3.8) is 0 Å². The van der Waals surface area contributed by atoms with E-state index >= 15 is 0 Å². The highest BCUT2D eigenvalue weighted by molar-refractivity contribution is 7.92. The summed E-state index contributed by atoms with van der Waals surface area (Å²) in [5.74, 6) is -0.832. The van der Waals surface area contributed by atoms with Gasteiger partial charge in [-0.15, -0.1) is 0 Å². The molecule has 4 rings (SSSR count). The molecule has 42 heavy (non-hydrogen) atoms. The summed E-state index contributed by atoms with van der Waals surface area (Å²) in [5.41, 5.74) is 1.68. The van der Waals surface area contributed by atoms with Crippen molar-refractivity contribution in [2.45, 2.75) is 69.5 Å². The number of aryl methyl sites for hydroxylation is 1. The number of amides is 2. The normalized spacial score (nSPS) is 14.2. The molecule has 2 amide bonds. The Kier molecular flexibility index (Phi) is 9.95. The zero-order valence-corrected chi connectivity index (χ0v) is 24.6. The Morgan fingerprint density at radius 2 is 1.67 bits per heavy atom. The molecule has 1 N–H and O–H groups in total. The minimum Gasteiger partial charge on any atom is -0.352 e. The Hall–Kier alpha value is -4.25. The Balaban J connectivity index is 1.72. The van der Waals surface area contributed by atoms with E-state index in [0.29, 0.717) is 6.42 Å². The lowest BCUT2D eigenvalue weighted by Gasteiger charge is -2.33. The summed E-state index contributed by atoms with van der Waals surface area (Å²) in [4.78, 5) is 39.7. The molecule has 3 aromatic rings. The molecule has 1 fully saturated rings. The highest BCUT2D eigenvalue weighted by atomic mass is 32.2. The molecule has 10 nitrogen and oxygen atoms in total. The van der Waals surface area contributed by atoms with Gasteiger partial charge in [0.2, 0.25) is 11.8 Å². The van der Waals surface area contributed by atoms with Gasteiger partial charge in [0.1, 0.15) is 12.6 Å². The van der Waals surface area contributed by atoms with E-state index < -0.39 is 33.4 Å². The van der Waals surface area contributed by atoms with Gasteiger partial charge in [-0.05, 0) is 56.0 Å². The van der Waals surface area contributed by atoms with Gasteiger partial charge in [0.15, 0.2) is 0 Å². The summed E-state index contributed by atoms with van der Waals surface area (Å²) in [6.07, 6.45) is 4.18. The molecular weight excluding hydrogens is 556 g/mol. The van der Waals surface area contributed by atoms with Crippen LogP contribution < -0.4 is 9.62 Å². The summed E-state index contributed by atoms with van der Waals surface area (Å²) in [7, 11) is -4.25. The molecule has 0 bridgehead atoms. The first-order chi connectivity index (χ1) is 20.1. The number of non-ortho nitro benzene ring substituents is 1. The second-order valence-corrected chi connectivity index (χ2v) is 12.4. The Bertz CT molecular complexity index is 1510. The average molecular weight is 593 g/mol. The SMILES string of the molecule is CC[C@H](C(=O)NC1CCCC1)N(Cc1cccc(C)c1)C(=O)CN(c1ccc([N+](=O)[O-])cc1)S(=O)(=O)c1ccccc1. The lowest BCUT2D eigenvalue weighted by molar-refractivity contribution is -0.384. The fourth-order valence-corrected chi connectivity index (χ4v) is 6.72. The van der Waals surface area contributed by atoms with Gasteiger partial charge in [-0.1, -0.05) is 67.8 Å². The maximum absolute atomic E-state index is 14.1. The third kappa shape index (κ3) is 7.33. The van der Waals surface area contributed by atoms with Crippen molar-refractivity contribution in [2.24, 2.45) is 0 Å². The lowest BCUT2D eigenvalue weighted by atomic mass is 10.1. The highest BCUT2D eigenvalue weighted by Gasteiger charge is 2.34. The van der Waals surface area contributed by atoms with Crippen molar-refractivity contribution < 1.29 is 22.9 Å². The van der Waals surface area contributed by atoms with Crippen LogP contribution in [0.5, 0.6) is 0 Å². The third-order valence-electron chi connectivity index (χ3n) is 7.48. The van der Waals surface area contributed by atoms with E-state index in [2.05, 4.69) is 5.32 Å². The number of nitrogens with zero attached hydrogens (tertiary/aromatic N) is 3. The van der Waals surface area contributed by atoms with Gasteiger partial charge in [0, 0.05) is 24.7 Å². The number of carbonyl (C=O) groups is 2. The van der Waals surface area contributed by atoms with Crippen molar-refractivity contribution in [1.29, 1.82) is 0 Å². The van der Waals surface area contributed by atoms with E-state index in [1.165, 1.54) is 41.3 Å². The van der Waals surface area contributed by atoms with Gasteiger partial charge < -0.3 is 10.2 Å². The van der Waals surface area contributed by atoms with E-state index in [9.17, 15) is 28.1 Å². The number of nitro benzene ring substituents is 1. The van der Waals surface area contributed by atoms with Gasteiger partial charge in [-0.2, -0.15) is 0 Å². The smallest absolute Gasteiger partial charge is 0.269 e. The molecule has 1 aliphatic rings. The molecule has 11 heteroatoms. The molecule has 0 radical (unpaired) electrons. The van der Waals surface area contributed by atoms with Gasteiger partial charge in [0.05, 0.1) is 15.5 Å². The van der Waals surface area contributed by atoms with Crippen LogP contribution in [0.1, 0.15) is 50.2 Å². The Labute approximate surface area is 246 Å². The number of nitro groups is 1. The monoisotopic (exact) mass is 592 g/mol. The predicted octanol–water partition coefficient (Wildman–Crippen LogP) is 4.96. The largest absolute Gasteiger partial charge is 0.352 e. The summed E-state index contributed by atoms with van der Waals surface area (Å²) in [6, 6.07) is 19.5. The summed E-state index contributed by atoms with van der Waals surface area (Å²) in [6.45, 7) is 3.26. The van der Waals surface area contributed by atoms with Crippen LogP contribution >= 0.6 is 0 Å². The van der Waals surface area contributed by atoms with Crippen LogP contribution in [-0.4, -0.2) is 48.7 Å². The van der Waals surface area contributed by atoms with Crippen molar-refractivity contribution in [1.82, 2.24) is 10.2 Å². The van der Waals surface area contributed by atoms with Gasteiger partial charge in [-0.3, -0.25) is 24.0 Å². The average Bonchev–Trinajstić information content (AvgIpc) is 3.49. The van der Waals surface area contributed by atoms with Crippen LogP contribution in [-0.2, 0) is 26.2 Å². The molecule has 0 heterocycles. The first kappa shape index (κ1) is 30.7. The number of sulfonamides is 1. The second kappa shape index (κ2) is 13.6. The van der Waals surface area contributed by atoms with Crippen LogP contribution in [0.2, 0.25) is 0 Å². The number of carbonyl (C=O) groups excluding carboxylic acids is 2. The topological polar surface area (TPSA) is 130 Å². The fraction of sp³-hybridized carbons (Fsp3) is 0.355. The summed E-state index contributed by atoms with van der Waals surface area (Å²) < 4.78 is 28.7. The van der Waals surface area contributed by atoms with E-state index in [1.54, 1.807) is 18.2 Å². The summed E-state index contributed by atoms with van der Waals surface area (Å²) in [5, 5.41) is 14.3.